The van der Waals surface area contributed by atoms with E-state index in [4.69, 9.17) is 5.11 Å². The summed E-state index contributed by atoms with van der Waals surface area (Å²) in [5, 5.41) is 8.45. The van der Waals surface area contributed by atoms with E-state index < -0.39 is 11.9 Å². The second kappa shape index (κ2) is 6.27. The van der Waals surface area contributed by atoms with Crippen molar-refractivity contribution in [3.63, 3.8) is 0 Å². The number of rotatable bonds is 4. The molecule has 4 heteroatoms. The van der Waals surface area contributed by atoms with E-state index in [1.54, 1.807) is 30.3 Å². The third-order valence-corrected chi connectivity index (χ3v) is 1.97. The minimum Gasteiger partial charge on any atom is -0.478 e. The summed E-state index contributed by atoms with van der Waals surface area (Å²) in [6.45, 7) is 0. The first-order valence-corrected chi connectivity index (χ1v) is 4.89. The van der Waals surface area contributed by atoms with Crippen molar-refractivity contribution in [3.05, 3.63) is 47.5 Å². The molecule has 0 bridgehead atoms. The van der Waals surface area contributed by atoms with E-state index in [-0.39, 0.29) is 0 Å². The predicted octanol–water partition coefficient (Wildman–Crippen LogP) is 1.97. The highest BCUT2D eigenvalue weighted by atomic mass is 16.5. The number of carboxylic acid groups (broad SMARTS) is 1. The minimum absolute atomic E-state index is 0.417. The van der Waals surface area contributed by atoms with Gasteiger partial charge in [0.05, 0.1) is 7.11 Å². The summed E-state index contributed by atoms with van der Waals surface area (Å²) >= 11 is 0. The summed E-state index contributed by atoms with van der Waals surface area (Å²) in [7, 11) is 1.31. The molecule has 4 nitrogen and oxygen atoms in total. The van der Waals surface area contributed by atoms with Crippen LogP contribution in [0.4, 0.5) is 0 Å². The van der Waals surface area contributed by atoms with Gasteiger partial charge in [-0.2, -0.15) is 0 Å². The van der Waals surface area contributed by atoms with E-state index in [0.29, 0.717) is 0 Å². The topological polar surface area (TPSA) is 63.6 Å². The van der Waals surface area contributed by atoms with Gasteiger partial charge in [0.15, 0.2) is 0 Å². The van der Waals surface area contributed by atoms with Crippen LogP contribution in [0.3, 0.4) is 0 Å². The molecule has 1 aromatic carbocycles. The van der Waals surface area contributed by atoms with E-state index >= 15 is 0 Å². The molecule has 1 N–H and O–H groups in total. The zero-order chi connectivity index (χ0) is 12.7. The Bertz CT molecular complexity index is 455. The molecule has 0 spiro atoms. The average molecular weight is 232 g/mol. The van der Waals surface area contributed by atoms with Gasteiger partial charge in [0, 0.05) is 12.2 Å². The van der Waals surface area contributed by atoms with Gasteiger partial charge in [-0.25, -0.2) is 9.59 Å². The lowest BCUT2D eigenvalue weighted by molar-refractivity contribution is -0.135. The quantitative estimate of drug-likeness (QED) is 0.636. The van der Waals surface area contributed by atoms with Gasteiger partial charge >= 0.3 is 11.9 Å². The Kier molecular flexibility index (Phi) is 4.69. The van der Waals surface area contributed by atoms with Crippen LogP contribution < -0.4 is 0 Å². The summed E-state index contributed by atoms with van der Waals surface area (Å²) in [5.74, 6) is -1.40. The number of aliphatic carboxylic acids is 1. The molecular weight excluding hydrogens is 220 g/mol. The van der Waals surface area contributed by atoms with Crippen LogP contribution in [-0.4, -0.2) is 24.2 Å². The monoisotopic (exact) mass is 232 g/mol. The number of methoxy groups -OCH3 is 1. The molecule has 0 aliphatic carbocycles. The highest BCUT2D eigenvalue weighted by Crippen LogP contribution is 2.07. The van der Waals surface area contributed by atoms with Crippen molar-refractivity contribution >= 4 is 24.1 Å². The van der Waals surface area contributed by atoms with E-state index in [2.05, 4.69) is 4.74 Å². The van der Waals surface area contributed by atoms with Gasteiger partial charge in [-0.1, -0.05) is 24.3 Å². The number of hydrogen-bond acceptors (Lipinski definition) is 3. The summed E-state index contributed by atoms with van der Waals surface area (Å²) in [6.07, 6.45) is 5.51. The Morgan fingerprint density at radius 1 is 1.06 bits per heavy atom. The van der Waals surface area contributed by atoms with Crippen molar-refractivity contribution in [3.8, 4) is 0 Å². The first-order chi connectivity index (χ1) is 8.11. The lowest BCUT2D eigenvalue weighted by Gasteiger charge is -1.95. The third kappa shape index (κ3) is 4.79. The van der Waals surface area contributed by atoms with Crippen LogP contribution in [0.5, 0.6) is 0 Å². The molecule has 0 amide bonds. The van der Waals surface area contributed by atoms with Gasteiger partial charge < -0.3 is 9.84 Å². The molecule has 0 aliphatic heterocycles. The lowest BCUT2D eigenvalue weighted by atomic mass is 10.1. The lowest BCUT2D eigenvalue weighted by Crippen LogP contribution is -1.93. The van der Waals surface area contributed by atoms with Crippen molar-refractivity contribution < 1.29 is 19.4 Å². The molecule has 0 unspecified atom stereocenters. The zero-order valence-corrected chi connectivity index (χ0v) is 9.29. The highest BCUT2D eigenvalue weighted by Gasteiger charge is 1.93. The Labute approximate surface area is 98.8 Å². The average Bonchev–Trinajstić information content (AvgIpc) is 2.34. The number of carboxylic acids is 1. The third-order valence-electron chi connectivity index (χ3n) is 1.97. The van der Waals surface area contributed by atoms with Crippen LogP contribution >= 0.6 is 0 Å². The maximum Gasteiger partial charge on any atom is 0.330 e. The van der Waals surface area contributed by atoms with Crippen molar-refractivity contribution in [1.29, 1.82) is 0 Å². The SMILES string of the molecule is COC(=O)C=Cc1ccc(C=CC(=O)O)cc1. The smallest absolute Gasteiger partial charge is 0.330 e. The fraction of sp³-hybridized carbons (Fsp3) is 0.0769. The molecule has 0 aliphatic rings. The largest absolute Gasteiger partial charge is 0.478 e. The maximum absolute atomic E-state index is 10.8. The van der Waals surface area contributed by atoms with E-state index in [0.717, 1.165) is 17.2 Å². The normalized spacial score (nSPS) is 10.9. The number of ether oxygens (including phenoxy) is 1. The van der Waals surface area contributed by atoms with Gasteiger partial charge in [-0.15, -0.1) is 0 Å². The molecule has 1 aromatic rings. The van der Waals surface area contributed by atoms with Crippen LogP contribution in [0.15, 0.2) is 36.4 Å². The number of carbonyl (C=O) groups excluding carboxylic acids is 1. The summed E-state index contributed by atoms with van der Waals surface area (Å²) in [5.41, 5.74) is 1.62. The molecule has 0 atom stereocenters. The molecule has 0 aromatic heterocycles. The molecular formula is C13H12O4. The summed E-state index contributed by atoms with van der Waals surface area (Å²) < 4.78 is 4.46. The van der Waals surface area contributed by atoms with Gasteiger partial charge in [-0.3, -0.25) is 0 Å². The number of hydrogen-bond donors (Lipinski definition) is 1. The van der Waals surface area contributed by atoms with Gasteiger partial charge in [0.25, 0.3) is 0 Å². The Hall–Kier alpha value is -2.36. The molecule has 88 valence electrons. The molecule has 1 rings (SSSR count). The second-order valence-electron chi connectivity index (χ2n) is 3.19. The molecule has 0 radical (unpaired) electrons. The van der Waals surface area contributed by atoms with E-state index in [1.807, 2.05) is 0 Å². The molecule has 0 saturated carbocycles. The van der Waals surface area contributed by atoms with E-state index in [1.165, 1.54) is 19.3 Å². The Morgan fingerprint density at radius 3 is 1.94 bits per heavy atom. The standard InChI is InChI=1S/C13H12O4/c1-17-13(16)9-7-11-4-2-10(3-5-11)6-8-12(14)15/h2-9H,1H3,(H,14,15). The van der Waals surface area contributed by atoms with Gasteiger partial charge in [0.1, 0.15) is 0 Å². The molecule has 0 saturated heterocycles. The molecule has 17 heavy (non-hydrogen) atoms. The van der Waals surface area contributed by atoms with Crippen molar-refractivity contribution in [2.45, 2.75) is 0 Å². The first kappa shape index (κ1) is 12.7. The number of carbonyl (C=O) groups is 2. The fourth-order valence-electron chi connectivity index (χ4n) is 1.12. The highest BCUT2D eigenvalue weighted by molar-refractivity contribution is 5.87. The minimum atomic E-state index is -0.986. The summed E-state index contributed by atoms with van der Waals surface area (Å²) in [4.78, 5) is 21.1. The maximum atomic E-state index is 10.8. The molecule has 0 heterocycles. The van der Waals surface area contributed by atoms with Crippen LogP contribution in [0.25, 0.3) is 12.2 Å². The predicted molar refractivity (Wildman–Crippen MR) is 64.2 cm³/mol. The van der Waals surface area contributed by atoms with Crippen molar-refractivity contribution in [2.75, 3.05) is 7.11 Å². The zero-order valence-electron chi connectivity index (χ0n) is 9.29. The molecule has 0 fully saturated rings. The fourth-order valence-corrected chi connectivity index (χ4v) is 1.12. The second-order valence-corrected chi connectivity index (χ2v) is 3.19. The van der Waals surface area contributed by atoms with Crippen LogP contribution in [0.2, 0.25) is 0 Å². The van der Waals surface area contributed by atoms with Crippen molar-refractivity contribution in [1.82, 2.24) is 0 Å². The van der Waals surface area contributed by atoms with Gasteiger partial charge in [-0.05, 0) is 23.3 Å². The number of esters is 1. The summed E-state index contributed by atoms with van der Waals surface area (Å²) in [6, 6.07) is 7.08. The van der Waals surface area contributed by atoms with Crippen LogP contribution in [0, 0.1) is 0 Å². The Morgan fingerprint density at radius 2 is 1.53 bits per heavy atom. The Balaban J connectivity index is 2.71. The van der Waals surface area contributed by atoms with Crippen molar-refractivity contribution in [2.24, 2.45) is 0 Å². The van der Waals surface area contributed by atoms with Crippen LogP contribution in [0.1, 0.15) is 11.1 Å². The van der Waals surface area contributed by atoms with Gasteiger partial charge in [0.2, 0.25) is 0 Å². The first-order valence-electron chi connectivity index (χ1n) is 4.89. The number of benzene rings is 1. The van der Waals surface area contributed by atoms with Crippen LogP contribution in [-0.2, 0) is 14.3 Å². The van der Waals surface area contributed by atoms with E-state index in [9.17, 15) is 9.59 Å².